The van der Waals surface area contributed by atoms with E-state index in [1.54, 1.807) is 6.20 Å². The average Bonchev–Trinajstić information content (AvgIpc) is 3.40. The summed E-state index contributed by atoms with van der Waals surface area (Å²) >= 11 is 0. The van der Waals surface area contributed by atoms with E-state index in [1.807, 2.05) is 73.1 Å². The van der Waals surface area contributed by atoms with Crippen molar-refractivity contribution >= 4 is 5.91 Å². The van der Waals surface area contributed by atoms with E-state index >= 15 is 0 Å². The van der Waals surface area contributed by atoms with E-state index in [2.05, 4.69) is 27.5 Å². The molecule has 0 bridgehead atoms. The standard InChI is InChI=1S/C27H26N4O2/c1-18-14-19(2)31(30-18)17-20-9-11-21(12-10-20)27(32)29-16-23-15-22-6-5-7-24(26(22)33-23)25-8-3-4-13-28-25/h3-14,23H,15-17H2,1-2H3,(H,29,32)/t23-/m0/s1. The zero-order chi connectivity index (χ0) is 22.8. The largest absolute Gasteiger partial charge is 0.487 e. The SMILES string of the molecule is Cc1cc(C)n(Cc2ccc(C(=O)NC[C@@H]3Cc4cccc(-c5ccccn5)c4O3)cc2)n1. The Morgan fingerprint density at radius 3 is 2.67 bits per heavy atom. The Hall–Kier alpha value is -3.93. The summed E-state index contributed by atoms with van der Waals surface area (Å²) in [5.74, 6) is 0.765. The Kier molecular flexibility index (Phi) is 5.65. The zero-order valence-corrected chi connectivity index (χ0v) is 18.8. The van der Waals surface area contributed by atoms with Gasteiger partial charge in [-0.25, -0.2) is 0 Å². The molecule has 0 aliphatic carbocycles. The number of rotatable bonds is 6. The van der Waals surface area contributed by atoms with Gasteiger partial charge in [0.05, 0.1) is 24.5 Å². The molecular weight excluding hydrogens is 412 g/mol. The van der Waals surface area contributed by atoms with E-state index in [4.69, 9.17) is 4.74 Å². The van der Waals surface area contributed by atoms with Crippen molar-refractivity contribution in [3.8, 4) is 17.0 Å². The highest BCUT2D eigenvalue weighted by atomic mass is 16.5. The van der Waals surface area contributed by atoms with Crippen LogP contribution in [0.15, 0.2) is 72.9 Å². The lowest BCUT2D eigenvalue weighted by molar-refractivity contribution is 0.0933. The Balaban J connectivity index is 1.20. The molecule has 2 aromatic carbocycles. The maximum Gasteiger partial charge on any atom is 0.251 e. The van der Waals surface area contributed by atoms with Gasteiger partial charge in [0, 0.05) is 29.4 Å². The molecule has 2 aromatic heterocycles. The number of aromatic nitrogens is 3. The number of para-hydroxylation sites is 1. The van der Waals surface area contributed by atoms with Crippen LogP contribution >= 0.6 is 0 Å². The van der Waals surface area contributed by atoms with Gasteiger partial charge in [-0.15, -0.1) is 0 Å². The van der Waals surface area contributed by atoms with E-state index in [0.717, 1.165) is 45.9 Å². The molecule has 6 nitrogen and oxygen atoms in total. The average molecular weight is 439 g/mol. The molecule has 0 saturated heterocycles. The van der Waals surface area contributed by atoms with Gasteiger partial charge >= 0.3 is 0 Å². The maximum absolute atomic E-state index is 12.7. The van der Waals surface area contributed by atoms with Crippen LogP contribution in [0.3, 0.4) is 0 Å². The fourth-order valence-corrected chi connectivity index (χ4v) is 4.25. The topological polar surface area (TPSA) is 69.0 Å². The lowest BCUT2D eigenvalue weighted by Gasteiger charge is -2.13. The lowest BCUT2D eigenvalue weighted by atomic mass is 10.0. The molecule has 6 heteroatoms. The van der Waals surface area contributed by atoms with Crippen molar-refractivity contribution in [2.75, 3.05) is 6.54 Å². The highest BCUT2D eigenvalue weighted by molar-refractivity contribution is 5.94. The van der Waals surface area contributed by atoms with Crippen LogP contribution in [0.2, 0.25) is 0 Å². The number of pyridine rings is 1. The molecule has 0 saturated carbocycles. The van der Waals surface area contributed by atoms with Crippen molar-refractivity contribution in [2.45, 2.75) is 32.9 Å². The van der Waals surface area contributed by atoms with Gasteiger partial charge in [-0.3, -0.25) is 14.5 Å². The fourth-order valence-electron chi connectivity index (χ4n) is 4.25. The minimum Gasteiger partial charge on any atom is -0.487 e. The van der Waals surface area contributed by atoms with Crippen LogP contribution in [-0.4, -0.2) is 33.3 Å². The predicted octanol–water partition coefficient (Wildman–Crippen LogP) is 4.34. The summed E-state index contributed by atoms with van der Waals surface area (Å²) in [6.07, 6.45) is 2.45. The molecule has 1 aliphatic heterocycles. The summed E-state index contributed by atoms with van der Waals surface area (Å²) in [6.45, 7) is 5.17. The molecule has 0 fully saturated rings. The van der Waals surface area contributed by atoms with Gasteiger partial charge in [0.25, 0.3) is 5.91 Å². The molecule has 0 spiro atoms. The first-order valence-electron chi connectivity index (χ1n) is 11.1. The number of benzene rings is 2. The van der Waals surface area contributed by atoms with E-state index in [0.29, 0.717) is 18.7 Å². The van der Waals surface area contributed by atoms with Crippen LogP contribution in [-0.2, 0) is 13.0 Å². The first-order valence-corrected chi connectivity index (χ1v) is 11.1. The van der Waals surface area contributed by atoms with Crippen LogP contribution in [0.4, 0.5) is 0 Å². The van der Waals surface area contributed by atoms with Crippen LogP contribution < -0.4 is 10.1 Å². The third-order valence-electron chi connectivity index (χ3n) is 5.91. The van der Waals surface area contributed by atoms with Crippen molar-refractivity contribution < 1.29 is 9.53 Å². The van der Waals surface area contributed by atoms with Crippen molar-refractivity contribution in [1.29, 1.82) is 0 Å². The fraction of sp³-hybridized carbons (Fsp3) is 0.222. The van der Waals surface area contributed by atoms with E-state index in [9.17, 15) is 4.79 Å². The molecule has 1 aliphatic rings. The van der Waals surface area contributed by atoms with E-state index in [1.165, 1.54) is 0 Å². The highest BCUT2D eigenvalue weighted by Crippen LogP contribution is 2.37. The number of hydrogen-bond donors (Lipinski definition) is 1. The third-order valence-corrected chi connectivity index (χ3v) is 5.91. The molecule has 1 atom stereocenters. The Morgan fingerprint density at radius 2 is 1.94 bits per heavy atom. The van der Waals surface area contributed by atoms with Gasteiger partial charge in [0.15, 0.2) is 0 Å². The van der Waals surface area contributed by atoms with E-state index < -0.39 is 0 Å². The van der Waals surface area contributed by atoms with Crippen molar-refractivity contribution in [3.63, 3.8) is 0 Å². The molecule has 1 amide bonds. The lowest BCUT2D eigenvalue weighted by Crippen LogP contribution is -2.34. The van der Waals surface area contributed by atoms with Gasteiger partial charge < -0.3 is 10.1 Å². The molecule has 33 heavy (non-hydrogen) atoms. The monoisotopic (exact) mass is 438 g/mol. The van der Waals surface area contributed by atoms with Gasteiger partial charge in [0.1, 0.15) is 11.9 Å². The summed E-state index contributed by atoms with van der Waals surface area (Å²) in [7, 11) is 0. The summed E-state index contributed by atoms with van der Waals surface area (Å²) < 4.78 is 8.18. The van der Waals surface area contributed by atoms with Crippen LogP contribution in [0.25, 0.3) is 11.3 Å². The smallest absolute Gasteiger partial charge is 0.251 e. The highest BCUT2D eigenvalue weighted by Gasteiger charge is 2.26. The Bertz CT molecular complexity index is 1280. The molecular formula is C27H26N4O2. The third kappa shape index (κ3) is 4.51. The number of ether oxygens (including phenoxy) is 1. The Labute approximate surface area is 193 Å². The van der Waals surface area contributed by atoms with Crippen LogP contribution in [0.1, 0.15) is 32.9 Å². The van der Waals surface area contributed by atoms with Crippen LogP contribution in [0.5, 0.6) is 5.75 Å². The molecule has 4 aromatic rings. The van der Waals surface area contributed by atoms with Crippen molar-refractivity contribution in [2.24, 2.45) is 0 Å². The van der Waals surface area contributed by atoms with Crippen molar-refractivity contribution in [1.82, 2.24) is 20.1 Å². The molecule has 3 heterocycles. The van der Waals surface area contributed by atoms with Gasteiger partial charge in [-0.1, -0.05) is 30.3 Å². The maximum atomic E-state index is 12.7. The zero-order valence-electron chi connectivity index (χ0n) is 18.8. The summed E-state index contributed by atoms with van der Waals surface area (Å²) in [6, 6.07) is 21.7. The van der Waals surface area contributed by atoms with Gasteiger partial charge in [0.2, 0.25) is 0 Å². The molecule has 1 N–H and O–H groups in total. The number of amides is 1. The predicted molar refractivity (Wildman–Crippen MR) is 127 cm³/mol. The number of carbonyl (C=O) groups excluding carboxylic acids is 1. The second-order valence-electron chi connectivity index (χ2n) is 8.44. The Morgan fingerprint density at radius 1 is 1.09 bits per heavy atom. The first kappa shape index (κ1) is 20.9. The molecule has 0 unspecified atom stereocenters. The summed E-state index contributed by atoms with van der Waals surface area (Å²) in [4.78, 5) is 17.1. The number of fused-ring (bicyclic) bond motifs is 1. The van der Waals surface area contributed by atoms with Gasteiger partial charge in [-0.2, -0.15) is 5.10 Å². The normalized spacial score (nSPS) is 14.5. The molecule has 166 valence electrons. The van der Waals surface area contributed by atoms with Crippen molar-refractivity contribution in [3.05, 3.63) is 101 Å². The summed E-state index contributed by atoms with van der Waals surface area (Å²) in [5.41, 5.74) is 6.89. The second kappa shape index (κ2) is 8.90. The van der Waals surface area contributed by atoms with E-state index in [-0.39, 0.29) is 12.0 Å². The molecule has 5 rings (SSSR count). The molecule has 0 radical (unpaired) electrons. The second-order valence-corrected chi connectivity index (χ2v) is 8.44. The minimum atomic E-state index is -0.0998. The number of nitrogens with zero attached hydrogens (tertiary/aromatic N) is 3. The quantitative estimate of drug-likeness (QED) is 0.486. The van der Waals surface area contributed by atoms with Gasteiger partial charge in [-0.05, 0) is 61.4 Å². The summed E-state index contributed by atoms with van der Waals surface area (Å²) in [5, 5.41) is 7.52. The number of hydrogen-bond acceptors (Lipinski definition) is 4. The number of nitrogens with one attached hydrogen (secondary N) is 1. The number of carbonyl (C=O) groups is 1. The minimum absolute atomic E-state index is 0.0980. The first-order chi connectivity index (χ1) is 16.1. The van der Waals surface area contributed by atoms with Crippen LogP contribution in [0, 0.1) is 13.8 Å². The number of aryl methyl sites for hydroxylation is 2.